The lowest BCUT2D eigenvalue weighted by molar-refractivity contribution is 0.326. The molecule has 1 aliphatic heterocycles. The van der Waals surface area contributed by atoms with Gasteiger partial charge in [-0.2, -0.15) is 9.97 Å². The molecule has 0 bridgehead atoms. The Balaban J connectivity index is 1.63. The summed E-state index contributed by atoms with van der Waals surface area (Å²) in [5.41, 5.74) is 5.68. The molecule has 1 saturated carbocycles. The summed E-state index contributed by atoms with van der Waals surface area (Å²) in [7, 11) is 1.83. The summed E-state index contributed by atoms with van der Waals surface area (Å²) in [4.78, 5) is 10.9. The predicted molar refractivity (Wildman–Crippen MR) is 72.6 cm³/mol. The van der Waals surface area contributed by atoms with Gasteiger partial charge >= 0.3 is 0 Å². The highest BCUT2D eigenvalue weighted by Gasteiger charge is 2.34. The largest absolute Gasteiger partial charge is 0.373 e. The van der Waals surface area contributed by atoms with Crippen molar-refractivity contribution in [3.05, 3.63) is 6.07 Å². The number of likely N-dealkylation sites (tertiary alicyclic amines) is 1. The van der Waals surface area contributed by atoms with Crippen molar-refractivity contribution in [1.29, 1.82) is 0 Å². The van der Waals surface area contributed by atoms with E-state index in [9.17, 15) is 0 Å². The highest BCUT2D eigenvalue weighted by molar-refractivity contribution is 5.51. The van der Waals surface area contributed by atoms with Crippen LogP contribution >= 0.6 is 0 Å². The first-order valence-corrected chi connectivity index (χ1v) is 6.57. The second kappa shape index (κ2) is 4.61. The fraction of sp³-hybridized carbons (Fsp3) is 0.667. The van der Waals surface area contributed by atoms with Crippen molar-refractivity contribution in [2.75, 3.05) is 36.5 Å². The van der Waals surface area contributed by atoms with E-state index < -0.39 is 0 Å². The number of nitrogens with one attached hydrogen (secondary N) is 2. The van der Waals surface area contributed by atoms with Crippen LogP contribution in [0.4, 0.5) is 17.6 Å². The van der Waals surface area contributed by atoms with Gasteiger partial charge in [-0.3, -0.25) is 4.90 Å². The van der Waals surface area contributed by atoms with Crippen LogP contribution in [0.3, 0.4) is 0 Å². The molecule has 1 unspecified atom stereocenters. The molecule has 6 heteroatoms. The van der Waals surface area contributed by atoms with Crippen molar-refractivity contribution in [3.63, 3.8) is 0 Å². The number of hydrogen-bond donors (Lipinski definition) is 3. The van der Waals surface area contributed by atoms with Crippen LogP contribution < -0.4 is 16.4 Å². The Morgan fingerprint density at radius 1 is 1.28 bits per heavy atom. The fourth-order valence-electron chi connectivity index (χ4n) is 2.55. The zero-order valence-electron chi connectivity index (χ0n) is 10.7. The minimum absolute atomic E-state index is 0.307. The molecule has 1 atom stereocenters. The molecule has 1 saturated heterocycles. The first-order valence-electron chi connectivity index (χ1n) is 6.57. The van der Waals surface area contributed by atoms with Crippen LogP contribution in [0.5, 0.6) is 0 Å². The zero-order valence-corrected chi connectivity index (χ0v) is 10.7. The van der Waals surface area contributed by atoms with Gasteiger partial charge in [0.25, 0.3) is 0 Å². The minimum atomic E-state index is 0.307. The highest BCUT2D eigenvalue weighted by atomic mass is 15.2. The summed E-state index contributed by atoms with van der Waals surface area (Å²) in [5.74, 6) is 1.87. The molecule has 1 aromatic heterocycles. The molecule has 3 rings (SSSR count). The van der Waals surface area contributed by atoms with Gasteiger partial charge in [-0.25, -0.2) is 0 Å². The van der Waals surface area contributed by atoms with E-state index in [0.29, 0.717) is 12.0 Å². The molecule has 0 amide bonds. The summed E-state index contributed by atoms with van der Waals surface area (Å²) in [6.07, 6.45) is 3.92. The van der Waals surface area contributed by atoms with E-state index in [1.165, 1.54) is 25.8 Å². The van der Waals surface area contributed by atoms with E-state index in [2.05, 4.69) is 25.5 Å². The van der Waals surface area contributed by atoms with Crippen LogP contribution in [0.25, 0.3) is 0 Å². The minimum Gasteiger partial charge on any atom is -0.373 e. The Kier molecular flexibility index (Phi) is 2.95. The van der Waals surface area contributed by atoms with E-state index in [-0.39, 0.29) is 0 Å². The number of aromatic nitrogens is 2. The van der Waals surface area contributed by atoms with Gasteiger partial charge < -0.3 is 16.4 Å². The standard InChI is InChI=1S/C12H20N6/c1-14-10-6-11(17-12(13)16-10)15-8-4-5-18(7-8)9-2-3-9/h6,8-9H,2-5,7H2,1H3,(H4,13,14,15,16,17). The first-order chi connectivity index (χ1) is 8.74. The van der Waals surface area contributed by atoms with Crippen LogP contribution in [0, 0.1) is 0 Å². The molecule has 6 nitrogen and oxygen atoms in total. The lowest BCUT2D eigenvalue weighted by Gasteiger charge is -2.16. The molecule has 0 spiro atoms. The summed E-state index contributed by atoms with van der Waals surface area (Å²) >= 11 is 0. The number of nitrogen functional groups attached to an aromatic ring is 1. The Labute approximate surface area is 107 Å². The average Bonchev–Trinajstić information content (AvgIpc) is 3.10. The molecule has 2 fully saturated rings. The maximum Gasteiger partial charge on any atom is 0.223 e. The van der Waals surface area contributed by atoms with E-state index in [1.54, 1.807) is 0 Å². The second-order valence-electron chi connectivity index (χ2n) is 5.10. The van der Waals surface area contributed by atoms with Crippen molar-refractivity contribution in [2.45, 2.75) is 31.3 Å². The van der Waals surface area contributed by atoms with Crippen molar-refractivity contribution in [3.8, 4) is 0 Å². The summed E-state index contributed by atoms with van der Waals surface area (Å²) in [6.45, 7) is 2.31. The zero-order chi connectivity index (χ0) is 12.5. The molecule has 0 radical (unpaired) electrons. The normalized spacial score (nSPS) is 24.2. The first kappa shape index (κ1) is 11.5. The number of nitrogens with zero attached hydrogens (tertiary/aromatic N) is 3. The Morgan fingerprint density at radius 3 is 2.78 bits per heavy atom. The molecule has 4 N–H and O–H groups in total. The van der Waals surface area contributed by atoms with Crippen molar-refractivity contribution < 1.29 is 0 Å². The lowest BCUT2D eigenvalue weighted by atomic mass is 10.2. The smallest absolute Gasteiger partial charge is 0.223 e. The molecule has 98 valence electrons. The van der Waals surface area contributed by atoms with Crippen LogP contribution in [-0.4, -0.2) is 47.1 Å². The number of rotatable bonds is 4. The van der Waals surface area contributed by atoms with Crippen LogP contribution in [-0.2, 0) is 0 Å². The predicted octanol–water partition coefficient (Wildman–Crippen LogP) is 0.749. The number of nitrogens with two attached hydrogens (primary N) is 1. The van der Waals surface area contributed by atoms with Crippen molar-refractivity contribution in [2.24, 2.45) is 0 Å². The van der Waals surface area contributed by atoms with Gasteiger partial charge in [0.1, 0.15) is 11.6 Å². The monoisotopic (exact) mass is 248 g/mol. The molecule has 2 aliphatic rings. The summed E-state index contributed by atoms with van der Waals surface area (Å²) in [5, 5.41) is 6.44. The molecule has 1 aliphatic carbocycles. The van der Waals surface area contributed by atoms with Gasteiger partial charge in [-0.05, 0) is 19.3 Å². The van der Waals surface area contributed by atoms with Crippen LogP contribution in [0.1, 0.15) is 19.3 Å². The third-order valence-electron chi connectivity index (χ3n) is 3.63. The summed E-state index contributed by atoms with van der Waals surface area (Å²) < 4.78 is 0. The van der Waals surface area contributed by atoms with E-state index in [1.807, 2.05) is 13.1 Å². The van der Waals surface area contributed by atoms with Gasteiger partial charge in [0, 0.05) is 38.3 Å². The third-order valence-corrected chi connectivity index (χ3v) is 3.63. The Hall–Kier alpha value is -1.56. The maximum atomic E-state index is 5.68. The van der Waals surface area contributed by atoms with Gasteiger partial charge in [0.2, 0.25) is 5.95 Å². The summed E-state index contributed by atoms with van der Waals surface area (Å²) in [6, 6.07) is 3.22. The lowest BCUT2D eigenvalue weighted by Crippen LogP contribution is -2.28. The molecular formula is C12H20N6. The van der Waals surface area contributed by atoms with E-state index in [0.717, 1.165) is 24.2 Å². The van der Waals surface area contributed by atoms with Crippen molar-refractivity contribution >= 4 is 17.6 Å². The quantitative estimate of drug-likeness (QED) is 0.729. The number of hydrogen-bond acceptors (Lipinski definition) is 6. The Bertz CT molecular complexity index is 431. The molecule has 18 heavy (non-hydrogen) atoms. The van der Waals surface area contributed by atoms with Crippen LogP contribution in [0.15, 0.2) is 6.07 Å². The van der Waals surface area contributed by atoms with E-state index >= 15 is 0 Å². The van der Waals surface area contributed by atoms with Gasteiger partial charge in [-0.1, -0.05) is 0 Å². The van der Waals surface area contributed by atoms with Gasteiger partial charge in [-0.15, -0.1) is 0 Å². The number of anilines is 3. The highest BCUT2D eigenvalue weighted by Crippen LogP contribution is 2.30. The molecular weight excluding hydrogens is 228 g/mol. The Morgan fingerprint density at radius 2 is 2.06 bits per heavy atom. The fourth-order valence-corrected chi connectivity index (χ4v) is 2.55. The third kappa shape index (κ3) is 2.48. The van der Waals surface area contributed by atoms with Crippen LogP contribution in [0.2, 0.25) is 0 Å². The van der Waals surface area contributed by atoms with Gasteiger partial charge in [0.15, 0.2) is 0 Å². The molecule has 1 aromatic rings. The second-order valence-corrected chi connectivity index (χ2v) is 5.10. The maximum absolute atomic E-state index is 5.68. The topological polar surface area (TPSA) is 79.1 Å². The average molecular weight is 248 g/mol. The van der Waals surface area contributed by atoms with E-state index in [4.69, 9.17) is 5.73 Å². The molecule has 0 aromatic carbocycles. The SMILES string of the molecule is CNc1cc(NC2CCN(C3CC3)C2)nc(N)n1. The molecule has 2 heterocycles. The van der Waals surface area contributed by atoms with Crippen molar-refractivity contribution in [1.82, 2.24) is 14.9 Å². The van der Waals surface area contributed by atoms with Gasteiger partial charge in [0.05, 0.1) is 0 Å².